The fourth-order valence-electron chi connectivity index (χ4n) is 4.28. The molecule has 4 rings (SSSR count). The van der Waals surface area contributed by atoms with E-state index in [9.17, 15) is 9.59 Å². The van der Waals surface area contributed by atoms with Crippen LogP contribution in [-0.2, 0) is 13.1 Å². The summed E-state index contributed by atoms with van der Waals surface area (Å²) in [7, 11) is 1.83. The van der Waals surface area contributed by atoms with E-state index in [1.807, 2.05) is 26.1 Å². The van der Waals surface area contributed by atoms with E-state index in [0.717, 1.165) is 24.2 Å². The van der Waals surface area contributed by atoms with Crippen LogP contribution >= 0.6 is 0 Å². The Labute approximate surface area is 176 Å². The molecule has 0 N–H and O–H groups in total. The highest BCUT2D eigenvalue weighted by Gasteiger charge is 2.19. The summed E-state index contributed by atoms with van der Waals surface area (Å²) in [5, 5.41) is 0. The minimum absolute atomic E-state index is 0.0539. The molecule has 1 aliphatic heterocycles. The number of nitrogens with zero attached hydrogens (tertiary/aromatic N) is 4. The zero-order chi connectivity index (χ0) is 21.3. The number of fused-ring (bicyclic) bond motifs is 1. The van der Waals surface area contributed by atoms with Crippen molar-refractivity contribution in [2.45, 2.75) is 39.8 Å². The fraction of sp³-hybridized carbons (Fsp3) is 0.375. The molecule has 0 unspecified atom stereocenters. The molecule has 0 atom stereocenters. The maximum atomic E-state index is 13.1. The third-order valence-corrected chi connectivity index (χ3v) is 5.86. The molecular formula is C24H28N4O2. The lowest BCUT2D eigenvalue weighted by molar-refractivity contribution is 0.0785. The Balaban J connectivity index is 1.61. The van der Waals surface area contributed by atoms with Crippen molar-refractivity contribution in [3.8, 4) is 0 Å². The maximum absolute atomic E-state index is 13.1. The first-order valence-corrected chi connectivity index (χ1v) is 10.6. The molecule has 30 heavy (non-hydrogen) atoms. The number of hydrogen-bond acceptors (Lipinski definition) is 4. The summed E-state index contributed by atoms with van der Waals surface area (Å²) >= 11 is 0. The lowest BCUT2D eigenvalue weighted by Crippen LogP contribution is -2.28. The second kappa shape index (κ2) is 8.30. The second-order valence-electron chi connectivity index (χ2n) is 7.93. The lowest BCUT2D eigenvalue weighted by atomic mass is 10.1. The van der Waals surface area contributed by atoms with E-state index in [4.69, 9.17) is 0 Å². The first-order chi connectivity index (χ1) is 14.5. The summed E-state index contributed by atoms with van der Waals surface area (Å²) < 4.78 is 1.70. The molecule has 1 fully saturated rings. The molecule has 2 heterocycles. The van der Waals surface area contributed by atoms with E-state index in [1.54, 1.807) is 28.5 Å². The van der Waals surface area contributed by atoms with Crippen LogP contribution < -0.4 is 10.5 Å². The third kappa shape index (κ3) is 3.70. The van der Waals surface area contributed by atoms with E-state index in [0.29, 0.717) is 29.9 Å². The Morgan fingerprint density at radius 3 is 2.60 bits per heavy atom. The quantitative estimate of drug-likeness (QED) is 0.652. The van der Waals surface area contributed by atoms with Gasteiger partial charge in [-0.15, -0.1) is 0 Å². The lowest BCUT2D eigenvalue weighted by Gasteiger charge is -2.24. The Morgan fingerprint density at radius 2 is 1.87 bits per heavy atom. The molecule has 1 amide bonds. The Kier molecular flexibility index (Phi) is 5.57. The number of hydrogen-bond donors (Lipinski definition) is 0. The SMILES string of the molecule is CCn1c(=O)c(C)nc2cc(C(=O)N(C)Cc3ccccc3N3CCCC3)ccc21. The Bertz CT molecular complexity index is 1150. The van der Waals surface area contributed by atoms with Gasteiger partial charge < -0.3 is 14.4 Å². The van der Waals surface area contributed by atoms with Crippen molar-refractivity contribution in [2.24, 2.45) is 0 Å². The van der Waals surface area contributed by atoms with E-state index in [-0.39, 0.29) is 11.5 Å². The first-order valence-electron chi connectivity index (χ1n) is 10.6. The number of amides is 1. The molecule has 6 heteroatoms. The summed E-state index contributed by atoms with van der Waals surface area (Å²) in [4.78, 5) is 34.0. The van der Waals surface area contributed by atoms with Crippen LogP contribution in [0.15, 0.2) is 47.3 Å². The van der Waals surface area contributed by atoms with Gasteiger partial charge >= 0.3 is 0 Å². The van der Waals surface area contributed by atoms with Gasteiger partial charge in [0.2, 0.25) is 0 Å². The highest BCUT2D eigenvalue weighted by Crippen LogP contribution is 2.26. The predicted octanol–water partition coefficient (Wildman–Crippen LogP) is 3.60. The van der Waals surface area contributed by atoms with Crippen molar-refractivity contribution in [1.82, 2.24) is 14.5 Å². The van der Waals surface area contributed by atoms with Gasteiger partial charge in [-0.3, -0.25) is 9.59 Å². The molecule has 1 aliphatic rings. The molecule has 2 aromatic carbocycles. The molecule has 1 aromatic heterocycles. The van der Waals surface area contributed by atoms with Crippen LogP contribution in [0.1, 0.15) is 41.4 Å². The van der Waals surface area contributed by atoms with E-state index in [1.165, 1.54) is 18.5 Å². The highest BCUT2D eigenvalue weighted by atomic mass is 16.2. The number of para-hydroxylation sites is 1. The van der Waals surface area contributed by atoms with Crippen molar-refractivity contribution in [2.75, 3.05) is 25.0 Å². The maximum Gasteiger partial charge on any atom is 0.272 e. The van der Waals surface area contributed by atoms with Gasteiger partial charge in [0.25, 0.3) is 11.5 Å². The molecule has 1 saturated heterocycles. The topological polar surface area (TPSA) is 58.4 Å². The standard InChI is InChI=1S/C24H28N4O2/c1-4-28-22-12-11-18(15-20(22)25-17(2)23(28)29)24(30)26(3)16-19-9-5-6-10-21(19)27-13-7-8-14-27/h5-6,9-12,15H,4,7-8,13-14,16H2,1-3H3. The van der Waals surface area contributed by atoms with Crippen molar-refractivity contribution < 1.29 is 4.79 Å². The Hall–Kier alpha value is -3.15. The van der Waals surface area contributed by atoms with Crippen LogP contribution in [0.5, 0.6) is 0 Å². The number of aromatic nitrogens is 2. The molecular weight excluding hydrogens is 376 g/mol. The molecule has 156 valence electrons. The van der Waals surface area contributed by atoms with Crippen LogP contribution in [0.25, 0.3) is 11.0 Å². The summed E-state index contributed by atoms with van der Waals surface area (Å²) in [5.74, 6) is -0.0539. The van der Waals surface area contributed by atoms with Gasteiger partial charge in [0.1, 0.15) is 5.69 Å². The van der Waals surface area contributed by atoms with Gasteiger partial charge in [-0.1, -0.05) is 18.2 Å². The van der Waals surface area contributed by atoms with Crippen LogP contribution in [0, 0.1) is 6.92 Å². The summed E-state index contributed by atoms with van der Waals surface area (Å²) in [6.07, 6.45) is 2.44. The normalized spacial score (nSPS) is 13.8. The van der Waals surface area contributed by atoms with Gasteiger partial charge in [0, 0.05) is 44.5 Å². The largest absolute Gasteiger partial charge is 0.371 e. The third-order valence-electron chi connectivity index (χ3n) is 5.86. The number of rotatable bonds is 5. The number of benzene rings is 2. The number of anilines is 1. The monoisotopic (exact) mass is 404 g/mol. The first kappa shape index (κ1) is 20.1. The van der Waals surface area contributed by atoms with Crippen LogP contribution in [-0.4, -0.2) is 40.5 Å². The van der Waals surface area contributed by atoms with Crippen molar-refractivity contribution in [3.05, 3.63) is 69.6 Å². The van der Waals surface area contributed by atoms with Gasteiger partial charge in [-0.05, 0) is 56.5 Å². The van der Waals surface area contributed by atoms with Gasteiger partial charge in [0.15, 0.2) is 0 Å². The summed E-state index contributed by atoms with van der Waals surface area (Å²) in [6, 6.07) is 13.7. The average Bonchev–Trinajstić information content (AvgIpc) is 3.29. The molecule has 3 aromatic rings. The zero-order valence-electron chi connectivity index (χ0n) is 17.9. The van der Waals surface area contributed by atoms with Gasteiger partial charge in [-0.2, -0.15) is 0 Å². The minimum atomic E-state index is -0.0836. The predicted molar refractivity (Wildman–Crippen MR) is 120 cm³/mol. The molecule has 0 aliphatic carbocycles. The molecule has 0 saturated carbocycles. The van der Waals surface area contributed by atoms with Gasteiger partial charge in [0.05, 0.1) is 11.0 Å². The van der Waals surface area contributed by atoms with E-state index in [2.05, 4.69) is 28.1 Å². The van der Waals surface area contributed by atoms with Crippen molar-refractivity contribution >= 4 is 22.6 Å². The highest BCUT2D eigenvalue weighted by molar-refractivity contribution is 5.97. The second-order valence-corrected chi connectivity index (χ2v) is 7.93. The smallest absolute Gasteiger partial charge is 0.272 e. The molecule has 0 bridgehead atoms. The zero-order valence-corrected chi connectivity index (χ0v) is 17.9. The van der Waals surface area contributed by atoms with Crippen molar-refractivity contribution in [3.63, 3.8) is 0 Å². The molecule has 0 radical (unpaired) electrons. The average molecular weight is 405 g/mol. The Morgan fingerprint density at radius 1 is 1.13 bits per heavy atom. The van der Waals surface area contributed by atoms with Crippen LogP contribution in [0.4, 0.5) is 5.69 Å². The fourth-order valence-corrected chi connectivity index (χ4v) is 4.28. The number of carbonyl (C=O) groups is 1. The molecule has 6 nitrogen and oxygen atoms in total. The summed E-state index contributed by atoms with van der Waals surface area (Å²) in [6.45, 7) is 6.91. The number of aryl methyl sites for hydroxylation is 2. The van der Waals surface area contributed by atoms with Crippen LogP contribution in [0.3, 0.4) is 0 Å². The van der Waals surface area contributed by atoms with Crippen molar-refractivity contribution in [1.29, 1.82) is 0 Å². The van der Waals surface area contributed by atoms with Gasteiger partial charge in [-0.25, -0.2) is 4.98 Å². The van der Waals surface area contributed by atoms with Crippen LogP contribution in [0.2, 0.25) is 0 Å². The summed E-state index contributed by atoms with van der Waals surface area (Å²) in [5.41, 5.74) is 4.75. The number of carbonyl (C=O) groups excluding carboxylic acids is 1. The molecule has 0 spiro atoms. The minimum Gasteiger partial charge on any atom is -0.371 e. The van der Waals surface area contributed by atoms with E-state index < -0.39 is 0 Å². The van der Waals surface area contributed by atoms with E-state index >= 15 is 0 Å².